The van der Waals surface area contributed by atoms with Crippen LogP contribution in [0.25, 0.3) is 10.9 Å². The normalized spacial score (nSPS) is 19.5. The van der Waals surface area contributed by atoms with Gasteiger partial charge in [0.05, 0.1) is 16.8 Å². The molecular formula is C32H29N5O2. The van der Waals surface area contributed by atoms with Gasteiger partial charge in [0.2, 0.25) is 5.91 Å². The van der Waals surface area contributed by atoms with E-state index in [2.05, 4.69) is 51.0 Å². The second-order valence-electron chi connectivity index (χ2n) is 10.2. The predicted octanol–water partition coefficient (Wildman–Crippen LogP) is 5.76. The van der Waals surface area contributed by atoms with Crippen LogP contribution >= 0.6 is 0 Å². The molecule has 1 aliphatic heterocycles. The number of amides is 1. The lowest BCUT2D eigenvalue weighted by Gasteiger charge is -2.14. The van der Waals surface area contributed by atoms with Crippen LogP contribution in [-0.2, 0) is 4.79 Å². The highest BCUT2D eigenvalue weighted by molar-refractivity contribution is 6.03. The quantitative estimate of drug-likeness (QED) is 0.251. The fourth-order valence-corrected chi connectivity index (χ4v) is 5.30. The second kappa shape index (κ2) is 10.2. The highest BCUT2D eigenvalue weighted by atomic mass is 16.5. The molecule has 3 atom stereocenters. The third-order valence-corrected chi connectivity index (χ3v) is 7.38. The molecule has 7 nitrogen and oxygen atoms in total. The average Bonchev–Trinajstić information content (AvgIpc) is 3.41. The third-order valence-electron chi connectivity index (χ3n) is 7.38. The van der Waals surface area contributed by atoms with Gasteiger partial charge in [-0.2, -0.15) is 0 Å². The van der Waals surface area contributed by atoms with Crippen LogP contribution in [0.3, 0.4) is 0 Å². The molecule has 2 aliphatic rings. The number of hydrogen-bond donors (Lipinski definition) is 2. The van der Waals surface area contributed by atoms with Gasteiger partial charge < -0.3 is 20.3 Å². The number of piperidine rings is 1. The van der Waals surface area contributed by atoms with Crippen LogP contribution in [0, 0.1) is 36.5 Å². The number of carbonyl (C=O) groups is 1. The largest absolute Gasteiger partial charge is 0.457 e. The van der Waals surface area contributed by atoms with E-state index in [1.54, 1.807) is 0 Å². The molecule has 2 heterocycles. The molecule has 4 aromatic rings. The number of carbonyl (C=O) groups excluding carboxylic acids is 1. The Morgan fingerprint density at radius 3 is 2.64 bits per heavy atom. The molecule has 1 unspecified atom stereocenters. The first-order chi connectivity index (χ1) is 19.0. The molecule has 2 fully saturated rings. The SMILES string of the molecule is C=CC(=O)Nc1cc2c(Nc3ccc(Oc4ccccc4)c(C)c3)ncnc2cc1C#CC1[C@H]2CN(C)C[C@@H]12. The summed E-state index contributed by atoms with van der Waals surface area (Å²) in [6.07, 6.45) is 2.79. The van der Waals surface area contributed by atoms with Gasteiger partial charge in [-0.15, -0.1) is 0 Å². The maximum Gasteiger partial charge on any atom is 0.247 e. The molecule has 1 aromatic heterocycles. The first-order valence-corrected chi connectivity index (χ1v) is 13.0. The molecule has 1 aliphatic carbocycles. The van der Waals surface area contributed by atoms with Gasteiger partial charge in [0.15, 0.2) is 0 Å². The van der Waals surface area contributed by atoms with Crippen LogP contribution < -0.4 is 15.4 Å². The van der Waals surface area contributed by atoms with E-state index >= 15 is 0 Å². The van der Waals surface area contributed by atoms with Gasteiger partial charge in [-0.3, -0.25) is 4.79 Å². The molecule has 39 heavy (non-hydrogen) atoms. The Hall–Kier alpha value is -4.67. The summed E-state index contributed by atoms with van der Waals surface area (Å²) in [4.78, 5) is 23.6. The van der Waals surface area contributed by atoms with Crippen LogP contribution in [0.2, 0.25) is 0 Å². The van der Waals surface area contributed by atoms with Crippen molar-refractivity contribution < 1.29 is 9.53 Å². The number of nitrogens with zero attached hydrogens (tertiary/aromatic N) is 3. The van der Waals surface area contributed by atoms with Gasteiger partial charge in [-0.25, -0.2) is 9.97 Å². The van der Waals surface area contributed by atoms with Crippen molar-refractivity contribution in [2.24, 2.45) is 17.8 Å². The molecular weight excluding hydrogens is 486 g/mol. The van der Waals surface area contributed by atoms with Gasteiger partial charge >= 0.3 is 0 Å². The number of benzene rings is 3. The van der Waals surface area contributed by atoms with E-state index in [1.165, 1.54) is 12.4 Å². The van der Waals surface area contributed by atoms with Crippen molar-refractivity contribution in [2.75, 3.05) is 30.8 Å². The Kier molecular flexibility index (Phi) is 6.47. The van der Waals surface area contributed by atoms with E-state index in [-0.39, 0.29) is 5.91 Å². The Labute approximate surface area is 227 Å². The van der Waals surface area contributed by atoms with Gasteiger partial charge in [0.25, 0.3) is 0 Å². The van der Waals surface area contributed by atoms with Crippen molar-refractivity contribution in [3.63, 3.8) is 0 Å². The molecule has 1 saturated heterocycles. The average molecular weight is 516 g/mol. The molecule has 1 saturated carbocycles. The fourth-order valence-electron chi connectivity index (χ4n) is 5.30. The number of para-hydroxylation sites is 1. The second-order valence-corrected chi connectivity index (χ2v) is 10.2. The molecule has 0 radical (unpaired) electrons. The van der Waals surface area contributed by atoms with Crippen LogP contribution in [-0.4, -0.2) is 40.9 Å². The summed E-state index contributed by atoms with van der Waals surface area (Å²) in [5.74, 6) is 10.4. The summed E-state index contributed by atoms with van der Waals surface area (Å²) in [6, 6.07) is 19.4. The van der Waals surface area contributed by atoms with Gasteiger partial charge in [0, 0.05) is 30.1 Å². The molecule has 6 rings (SSSR count). The smallest absolute Gasteiger partial charge is 0.247 e. The van der Waals surface area contributed by atoms with Crippen LogP contribution in [0.5, 0.6) is 11.5 Å². The molecule has 1 amide bonds. The number of likely N-dealkylation sites (tertiary alicyclic amines) is 1. The van der Waals surface area contributed by atoms with Crippen LogP contribution in [0.15, 0.2) is 79.6 Å². The van der Waals surface area contributed by atoms with E-state index in [1.807, 2.05) is 67.6 Å². The van der Waals surface area contributed by atoms with Crippen LogP contribution in [0.4, 0.5) is 17.2 Å². The van der Waals surface area contributed by atoms with Gasteiger partial charge in [0.1, 0.15) is 23.6 Å². The minimum atomic E-state index is -0.293. The van der Waals surface area contributed by atoms with E-state index in [9.17, 15) is 4.79 Å². The standard InChI is InChI=1S/C32H29N5O2/c1-4-31(38)36-28-16-25-29(15-21(28)10-12-24-26-17-37(3)18-27(24)26)33-19-34-32(25)35-22-11-13-30(20(2)14-22)39-23-8-6-5-7-9-23/h4-9,11,13-16,19,24,26-27H,1,17-18H2,2-3H3,(H,36,38)(H,33,34,35)/t24?,26-,27+. The zero-order valence-electron chi connectivity index (χ0n) is 21.9. The number of anilines is 3. The summed E-state index contributed by atoms with van der Waals surface area (Å²) < 4.78 is 6.02. The fraction of sp³-hybridized carbons (Fsp3) is 0.219. The summed E-state index contributed by atoms with van der Waals surface area (Å²) in [6.45, 7) is 7.80. The number of fused-ring (bicyclic) bond motifs is 2. The van der Waals surface area contributed by atoms with Crippen molar-refractivity contribution in [2.45, 2.75) is 6.92 Å². The molecule has 3 aromatic carbocycles. The molecule has 194 valence electrons. The zero-order valence-corrected chi connectivity index (χ0v) is 21.9. The number of rotatable bonds is 6. The minimum Gasteiger partial charge on any atom is -0.457 e. The van der Waals surface area contributed by atoms with E-state index in [0.717, 1.165) is 52.3 Å². The van der Waals surface area contributed by atoms with E-state index < -0.39 is 0 Å². The summed E-state index contributed by atoms with van der Waals surface area (Å²) in [5, 5.41) is 7.09. The Morgan fingerprint density at radius 2 is 1.90 bits per heavy atom. The highest BCUT2D eigenvalue weighted by Crippen LogP contribution is 2.50. The Bertz CT molecular complexity index is 1630. The lowest BCUT2D eigenvalue weighted by Crippen LogP contribution is -2.18. The molecule has 0 bridgehead atoms. The maximum absolute atomic E-state index is 12.3. The first-order valence-electron chi connectivity index (χ1n) is 13.0. The number of aryl methyl sites for hydroxylation is 1. The van der Waals surface area contributed by atoms with Gasteiger partial charge in [-0.05, 0) is 79.9 Å². The molecule has 2 N–H and O–H groups in total. The van der Waals surface area contributed by atoms with Crippen molar-refractivity contribution >= 4 is 34.0 Å². The first kappa shape index (κ1) is 24.7. The topological polar surface area (TPSA) is 79.4 Å². The lowest BCUT2D eigenvalue weighted by atomic mass is 10.1. The minimum absolute atomic E-state index is 0.293. The number of hydrogen-bond acceptors (Lipinski definition) is 6. The summed E-state index contributed by atoms with van der Waals surface area (Å²) in [5.41, 5.74) is 3.93. The maximum atomic E-state index is 12.3. The lowest BCUT2D eigenvalue weighted by molar-refractivity contribution is -0.111. The van der Waals surface area contributed by atoms with Crippen molar-refractivity contribution in [1.29, 1.82) is 0 Å². The Balaban J connectivity index is 1.29. The molecule has 0 spiro atoms. The third kappa shape index (κ3) is 5.20. The van der Waals surface area contributed by atoms with Crippen LogP contribution in [0.1, 0.15) is 11.1 Å². The highest BCUT2D eigenvalue weighted by Gasteiger charge is 2.53. The zero-order chi connectivity index (χ0) is 26.9. The Morgan fingerprint density at radius 1 is 1.10 bits per heavy atom. The van der Waals surface area contributed by atoms with Gasteiger partial charge in [-0.1, -0.05) is 36.6 Å². The molecule has 7 heteroatoms. The predicted molar refractivity (Wildman–Crippen MR) is 154 cm³/mol. The number of aromatic nitrogens is 2. The monoisotopic (exact) mass is 515 g/mol. The summed E-state index contributed by atoms with van der Waals surface area (Å²) >= 11 is 0. The van der Waals surface area contributed by atoms with Crippen molar-refractivity contribution in [1.82, 2.24) is 14.9 Å². The van der Waals surface area contributed by atoms with Crippen molar-refractivity contribution in [3.8, 4) is 23.3 Å². The summed E-state index contributed by atoms with van der Waals surface area (Å²) in [7, 11) is 2.16. The number of nitrogens with one attached hydrogen (secondary N) is 2. The number of ether oxygens (including phenoxy) is 1. The van der Waals surface area contributed by atoms with E-state index in [0.29, 0.717) is 29.3 Å². The van der Waals surface area contributed by atoms with Crippen molar-refractivity contribution in [3.05, 3.63) is 90.8 Å². The van der Waals surface area contributed by atoms with E-state index in [4.69, 9.17) is 4.74 Å².